The molecule has 0 aromatic heterocycles. The molecule has 0 radical (unpaired) electrons. The van der Waals surface area contributed by atoms with E-state index in [-0.39, 0.29) is 0 Å². The first-order chi connectivity index (χ1) is 44.1. The third-order valence-electron chi connectivity index (χ3n) is 12.6. The lowest BCUT2D eigenvalue weighted by Crippen LogP contribution is -2.65. The van der Waals surface area contributed by atoms with E-state index >= 15 is 0 Å². The van der Waals surface area contributed by atoms with E-state index in [9.17, 15) is 67.1 Å². The van der Waals surface area contributed by atoms with Crippen LogP contribution in [-0.2, 0) is 171 Å². The summed E-state index contributed by atoms with van der Waals surface area (Å²) in [6, 6.07) is 0. The van der Waals surface area contributed by atoms with Crippen LogP contribution in [-0.4, -0.2) is 246 Å². The topological polar surface area (TPSA) is 442 Å². The lowest BCUT2D eigenvalue weighted by molar-refractivity contribution is -0.333. The molecule has 4 fully saturated rings. The van der Waals surface area contributed by atoms with E-state index in [1.807, 2.05) is 0 Å². The Bertz CT molecular complexity index is 2690. The second-order valence-corrected chi connectivity index (χ2v) is 20.6. The molecule has 0 bridgehead atoms. The highest BCUT2D eigenvalue weighted by Crippen LogP contribution is 2.36. The third-order valence-corrected chi connectivity index (χ3v) is 12.6. The van der Waals surface area contributed by atoms with Crippen LogP contribution in [0.1, 0.15) is 96.9 Å². The Balaban J connectivity index is 1.66. The van der Waals surface area contributed by atoms with Crippen LogP contribution in [0.15, 0.2) is 0 Å². The minimum absolute atomic E-state index is 0.626. The molecule has 0 spiro atoms. The zero-order valence-corrected chi connectivity index (χ0v) is 53.5. The minimum Gasteiger partial charge on any atom is -0.463 e. The summed E-state index contributed by atoms with van der Waals surface area (Å²) in [4.78, 5) is 174. The molecule has 4 rings (SSSR count). The minimum atomic E-state index is -1.80. The molecule has 0 aliphatic carbocycles. The van der Waals surface area contributed by atoms with Crippen LogP contribution in [0.3, 0.4) is 0 Å². The largest absolute Gasteiger partial charge is 0.463 e. The maximum absolute atomic E-state index is 12.7. The zero-order valence-electron chi connectivity index (χ0n) is 53.5. The van der Waals surface area contributed by atoms with Crippen LogP contribution in [0.4, 0.5) is 0 Å². The summed E-state index contributed by atoms with van der Waals surface area (Å²) < 4.78 is 124. The van der Waals surface area contributed by atoms with Crippen molar-refractivity contribution in [3.63, 3.8) is 0 Å². The molecule has 0 aromatic carbocycles. The normalized spacial score (nSPS) is 30.1. The molecule has 4 saturated heterocycles. The highest BCUT2D eigenvalue weighted by atomic mass is 16.8. The van der Waals surface area contributed by atoms with E-state index < -0.39 is 246 Å². The molecule has 4 heterocycles. The first-order valence-corrected chi connectivity index (χ1v) is 28.5. The lowest BCUT2D eigenvalue weighted by atomic mass is 9.97. The molecule has 4 aliphatic rings. The summed E-state index contributed by atoms with van der Waals surface area (Å²) in [6.07, 6.45) is -33.5. The van der Waals surface area contributed by atoms with Crippen molar-refractivity contribution in [1.82, 2.24) is 0 Å². The van der Waals surface area contributed by atoms with Crippen molar-refractivity contribution in [2.24, 2.45) is 0 Å². The van der Waals surface area contributed by atoms with Gasteiger partial charge in [-0.05, 0) is 11.8 Å². The molecule has 36 nitrogen and oxygen atoms in total. The quantitative estimate of drug-likeness (QED) is 0.0527. The zero-order chi connectivity index (χ0) is 70.3. The Morgan fingerprint density at radius 1 is 0.234 bits per heavy atom. The van der Waals surface area contributed by atoms with Gasteiger partial charge in [-0.3, -0.25) is 67.1 Å². The van der Waals surface area contributed by atoms with Gasteiger partial charge in [0.05, 0.1) is 13.2 Å². The SMILES string of the molecule is CC(=O)OC[C@H]1O[C@H](OC[C@H]2O[C@@H](OCC#CC#CCO[C@@H]3O[C@H](CO[C@H]4O[C@H](COC(C)=O)[C@H](OC(C)=O)[C@H](OC(C)=O)[C@H]4OC(C)=O)[C@@H](OC(C)=O)[C@H](OC(C)=O)[C@H]3OC(C)=O)[C@H](OC(C)=O)[C@@H](OC(C)=O)[C@@H]2OC(C)=O)[C@H](OC(C)=O)[C@@H](OC(C)=O)[C@H]1OC(C)=O. The van der Waals surface area contributed by atoms with Crippen LogP contribution in [0.5, 0.6) is 0 Å². The Hall–Kier alpha value is -8.62. The van der Waals surface area contributed by atoms with Gasteiger partial charge in [0.2, 0.25) is 0 Å². The molecule has 4 aliphatic heterocycles. The Morgan fingerprint density at radius 2 is 0.415 bits per heavy atom. The summed E-state index contributed by atoms with van der Waals surface area (Å²) >= 11 is 0. The average molecular weight is 1350 g/mol. The highest BCUT2D eigenvalue weighted by molar-refractivity contribution is 5.72. The summed E-state index contributed by atoms with van der Waals surface area (Å²) in [5.41, 5.74) is 0. The second-order valence-electron chi connectivity index (χ2n) is 20.6. The van der Waals surface area contributed by atoms with E-state index in [2.05, 4.69) is 23.7 Å². The van der Waals surface area contributed by atoms with Gasteiger partial charge in [-0.2, -0.15) is 0 Å². The van der Waals surface area contributed by atoms with E-state index in [1.54, 1.807) is 0 Å². The summed E-state index contributed by atoms with van der Waals surface area (Å²) in [5, 5.41) is 0. The summed E-state index contributed by atoms with van der Waals surface area (Å²) in [6.45, 7) is 9.96. The van der Waals surface area contributed by atoms with E-state index in [1.165, 1.54) is 0 Å². The fourth-order valence-corrected chi connectivity index (χ4v) is 9.68. The molecule has 0 aromatic rings. The van der Waals surface area contributed by atoms with Gasteiger partial charge >= 0.3 is 83.6 Å². The van der Waals surface area contributed by atoms with Crippen molar-refractivity contribution in [2.45, 2.75) is 220 Å². The average Bonchev–Trinajstić information content (AvgIpc) is 0.804. The number of hydrogen-bond acceptors (Lipinski definition) is 36. The van der Waals surface area contributed by atoms with Crippen LogP contribution in [0.25, 0.3) is 0 Å². The highest BCUT2D eigenvalue weighted by Gasteiger charge is 2.58. The van der Waals surface area contributed by atoms with Gasteiger partial charge in [0.25, 0.3) is 0 Å². The molecule has 0 unspecified atom stereocenters. The van der Waals surface area contributed by atoms with Crippen LogP contribution in [0, 0.1) is 23.7 Å². The number of carbonyl (C=O) groups excluding carboxylic acids is 14. The molecule has 522 valence electrons. The van der Waals surface area contributed by atoms with Gasteiger partial charge in [0.15, 0.2) is 98.4 Å². The van der Waals surface area contributed by atoms with Crippen molar-refractivity contribution in [3.05, 3.63) is 0 Å². The van der Waals surface area contributed by atoms with Crippen LogP contribution in [0.2, 0.25) is 0 Å². The van der Waals surface area contributed by atoms with Gasteiger partial charge in [-0.1, -0.05) is 11.8 Å². The number of hydrogen-bond donors (Lipinski definition) is 0. The fraction of sp³-hybridized carbons (Fsp3) is 0.690. The molecule has 0 saturated carbocycles. The molecule has 0 N–H and O–H groups in total. The molecular weight excluding hydrogens is 1270 g/mol. The Kier molecular flexibility index (Phi) is 30.9. The number of carbonyl (C=O) groups is 14. The number of esters is 14. The third kappa shape index (κ3) is 25.0. The number of ether oxygens (including phenoxy) is 22. The van der Waals surface area contributed by atoms with Gasteiger partial charge in [0.1, 0.15) is 50.8 Å². The second kappa shape index (κ2) is 37.3. The number of rotatable bonds is 26. The van der Waals surface area contributed by atoms with Gasteiger partial charge in [-0.25, -0.2) is 0 Å². The molecule has 36 heteroatoms. The van der Waals surface area contributed by atoms with Gasteiger partial charge < -0.3 is 104 Å². The van der Waals surface area contributed by atoms with Gasteiger partial charge in [-0.15, -0.1) is 0 Å². The predicted molar refractivity (Wildman–Crippen MR) is 294 cm³/mol. The van der Waals surface area contributed by atoms with E-state index in [0.717, 1.165) is 96.9 Å². The van der Waals surface area contributed by atoms with Crippen LogP contribution < -0.4 is 0 Å². The maximum Gasteiger partial charge on any atom is 0.303 e. The molecule has 0 amide bonds. The molecule has 20 atom stereocenters. The van der Waals surface area contributed by atoms with Crippen molar-refractivity contribution >= 4 is 83.6 Å². The van der Waals surface area contributed by atoms with Crippen molar-refractivity contribution in [1.29, 1.82) is 0 Å². The van der Waals surface area contributed by atoms with Gasteiger partial charge in [0, 0.05) is 96.9 Å². The maximum atomic E-state index is 12.7. The smallest absolute Gasteiger partial charge is 0.303 e. The summed E-state index contributed by atoms with van der Waals surface area (Å²) in [7, 11) is 0. The molecular formula is C58H74O36. The van der Waals surface area contributed by atoms with Crippen molar-refractivity contribution < 1.29 is 171 Å². The molecule has 94 heavy (non-hydrogen) atoms. The van der Waals surface area contributed by atoms with E-state index in [0.29, 0.717) is 0 Å². The Labute approximate surface area is 536 Å². The predicted octanol–water partition coefficient (Wildman–Crippen LogP) is -1.73. The standard InChI is InChI=1S/C58H74O36/c1-25(59)75-21-39-43(79-27(3)61)49(85-33(9)67)53(89-37(13)71)57(93-39)77-23-41-45(81-29(5)63)47(83-31(7)65)51(87-35(11)69)55(91-41)73-19-17-15-16-18-20-74-56-52(88-36(12)70)48(84-32(8)66)46(82-30(6)64)42(92-56)24-78-58-54(90-38(14)72)50(86-34(10)68)44(80-28(4)62)40(94-58)22-76-26(2)60/h39-58H,19-24H2,1-14H3/t39-,40-,41-,42-,43+,44+,45-,46-,47+,48+,49+,50+,51-,52-,53-,54-,55-,56-,57+,58+/m1/s1. The van der Waals surface area contributed by atoms with E-state index in [4.69, 9.17) is 104 Å². The summed E-state index contributed by atoms with van der Waals surface area (Å²) in [5.74, 6) is -3.07. The fourth-order valence-electron chi connectivity index (χ4n) is 9.68. The first-order valence-electron chi connectivity index (χ1n) is 28.5. The first kappa shape index (κ1) is 77.8. The monoisotopic (exact) mass is 1350 g/mol. The van der Waals surface area contributed by atoms with Crippen molar-refractivity contribution in [3.8, 4) is 23.7 Å². The Morgan fingerprint density at radius 3 is 0.617 bits per heavy atom. The lowest BCUT2D eigenvalue weighted by Gasteiger charge is -2.46. The van der Waals surface area contributed by atoms with Crippen LogP contribution >= 0.6 is 0 Å². The van der Waals surface area contributed by atoms with Crippen molar-refractivity contribution in [2.75, 3.05) is 39.6 Å².